The summed E-state index contributed by atoms with van der Waals surface area (Å²) in [5.74, 6) is -1.05. The number of amides is 2. The number of carbonyl (C=O) groups excluding carboxylic acids is 3. The van der Waals surface area contributed by atoms with E-state index in [1.54, 1.807) is 39.0 Å². The summed E-state index contributed by atoms with van der Waals surface area (Å²) in [6.07, 6.45) is 0.629. The van der Waals surface area contributed by atoms with Crippen LogP contribution in [0, 0.1) is 0 Å². The van der Waals surface area contributed by atoms with Gasteiger partial charge in [-0.2, -0.15) is 0 Å². The number of benzene rings is 1. The van der Waals surface area contributed by atoms with Gasteiger partial charge in [-0.05, 0) is 51.8 Å². The van der Waals surface area contributed by atoms with Crippen molar-refractivity contribution in [3.8, 4) is 0 Å². The van der Waals surface area contributed by atoms with Gasteiger partial charge in [0, 0.05) is 16.7 Å². The summed E-state index contributed by atoms with van der Waals surface area (Å²) < 4.78 is 11.2. The third-order valence-electron chi connectivity index (χ3n) is 3.61. The van der Waals surface area contributed by atoms with E-state index in [9.17, 15) is 14.4 Å². The van der Waals surface area contributed by atoms with Gasteiger partial charge in [0.2, 0.25) is 0 Å². The molecule has 26 heavy (non-hydrogen) atoms. The topological polar surface area (TPSA) is 84.9 Å². The fourth-order valence-electron chi connectivity index (χ4n) is 2.55. The summed E-state index contributed by atoms with van der Waals surface area (Å²) in [5, 5.41) is 2.64. The summed E-state index contributed by atoms with van der Waals surface area (Å²) in [7, 11) is 0. The number of ether oxygens (including phenoxy) is 2. The highest BCUT2D eigenvalue weighted by molar-refractivity contribution is 9.10. The van der Waals surface area contributed by atoms with Crippen molar-refractivity contribution in [2.45, 2.75) is 45.3 Å². The van der Waals surface area contributed by atoms with Crippen molar-refractivity contribution in [3.63, 3.8) is 0 Å². The number of carbonyl (C=O) groups is 3. The smallest absolute Gasteiger partial charge is 0.411 e. The Morgan fingerprint density at radius 2 is 2.04 bits per heavy atom. The van der Waals surface area contributed by atoms with Crippen LogP contribution in [0.15, 0.2) is 28.7 Å². The number of esters is 1. The van der Waals surface area contributed by atoms with E-state index in [-0.39, 0.29) is 0 Å². The van der Waals surface area contributed by atoms with Crippen LogP contribution in [-0.2, 0) is 19.1 Å². The Kier molecular flexibility index (Phi) is 6.63. The minimum Gasteiger partial charge on any atom is -0.454 e. The molecule has 1 aliphatic heterocycles. The molecular formula is C18H23BrN2O5. The number of hydrogen-bond acceptors (Lipinski definition) is 5. The van der Waals surface area contributed by atoms with Gasteiger partial charge >= 0.3 is 12.1 Å². The Labute approximate surface area is 161 Å². The molecule has 0 saturated carbocycles. The van der Waals surface area contributed by atoms with Crippen LogP contribution in [0.5, 0.6) is 0 Å². The highest BCUT2D eigenvalue weighted by Crippen LogP contribution is 2.22. The van der Waals surface area contributed by atoms with Gasteiger partial charge in [0.15, 0.2) is 6.61 Å². The van der Waals surface area contributed by atoms with Crippen LogP contribution in [0.4, 0.5) is 10.5 Å². The predicted octanol–water partition coefficient (Wildman–Crippen LogP) is 3.33. The fraction of sp³-hybridized carbons (Fsp3) is 0.500. The molecule has 0 aromatic heterocycles. The molecule has 1 unspecified atom stereocenters. The van der Waals surface area contributed by atoms with E-state index in [0.717, 1.165) is 4.47 Å². The second kappa shape index (κ2) is 8.53. The maximum absolute atomic E-state index is 12.3. The Bertz CT molecular complexity index is 686. The number of halogens is 1. The van der Waals surface area contributed by atoms with Crippen molar-refractivity contribution in [1.29, 1.82) is 0 Å². The molecule has 0 bridgehead atoms. The van der Waals surface area contributed by atoms with Crippen LogP contribution in [0.25, 0.3) is 0 Å². The molecule has 1 aromatic rings. The van der Waals surface area contributed by atoms with Crippen molar-refractivity contribution >= 4 is 39.6 Å². The highest BCUT2D eigenvalue weighted by atomic mass is 79.9. The van der Waals surface area contributed by atoms with Crippen LogP contribution in [-0.4, -0.2) is 47.7 Å². The zero-order valence-electron chi connectivity index (χ0n) is 15.1. The van der Waals surface area contributed by atoms with E-state index in [1.165, 1.54) is 4.90 Å². The molecule has 1 N–H and O–H groups in total. The van der Waals surface area contributed by atoms with E-state index < -0.39 is 36.2 Å². The molecule has 1 heterocycles. The van der Waals surface area contributed by atoms with Crippen LogP contribution in [0.2, 0.25) is 0 Å². The van der Waals surface area contributed by atoms with Crippen LogP contribution in [0.1, 0.15) is 33.6 Å². The molecule has 8 heteroatoms. The lowest BCUT2D eigenvalue weighted by Gasteiger charge is -2.27. The summed E-state index contributed by atoms with van der Waals surface area (Å²) in [6.45, 7) is 5.31. The Hall–Kier alpha value is -2.09. The van der Waals surface area contributed by atoms with Gasteiger partial charge < -0.3 is 14.8 Å². The maximum atomic E-state index is 12.3. The molecule has 1 saturated heterocycles. The van der Waals surface area contributed by atoms with E-state index in [1.807, 2.05) is 6.07 Å². The summed E-state index contributed by atoms with van der Waals surface area (Å²) in [4.78, 5) is 37.8. The number of likely N-dealkylation sites (tertiary alicyclic amines) is 1. The summed E-state index contributed by atoms with van der Waals surface area (Å²) in [6, 6.07) is 6.36. The van der Waals surface area contributed by atoms with Gasteiger partial charge in [0.25, 0.3) is 5.91 Å². The van der Waals surface area contributed by atoms with Crippen LogP contribution >= 0.6 is 15.9 Å². The zero-order chi connectivity index (χ0) is 19.3. The molecule has 0 spiro atoms. The first-order valence-electron chi connectivity index (χ1n) is 8.37. The Morgan fingerprint density at radius 1 is 1.31 bits per heavy atom. The second-order valence-corrected chi connectivity index (χ2v) is 7.91. The third-order valence-corrected chi connectivity index (χ3v) is 4.10. The number of anilines is 1. The van der Waals surface area contributed by atoms with Crippen molar-refractivity contribution in [2.75, 3.05) is 18.5 Å². The minimum absolute atomic E-state index is 0.413. The quantitative estimate of drug-likeness (QED) is 0.746. The van der Waals surface area contributed by atoms with Gasteiger partial charge in [-0.3, -0.25) is 9.69 Å². The molecule has 1 atom stereocenters. The zero-order valence-corrected chi connectivity index (χ0v) is 16.7. The molecule has 7 nitrogen and oxygen atoms in total. The largest absolute Gasteiger partial charge is 0.454 e. The standard InChI is InChI=1S/C18H23BrN2O5/c1-18(2,3)26-17(24)21-9-5-8-14(21)16(23)25-11-15(22)20-13-7-4-6-12(19)10-13/h4,6-7,10,14H,5,8-9,11H2,1-3H3,(H,20,22). The minimum atomic E-state index is -0.719. The highest BCUT2D eigenvalue weighted by Gasteiger charge is 2.37. The number of hydrogen-bond donors (Lipinski definition) is 1. The first kappa shape index (κ1) is 20.2. The number of nitrogens with zero attached hydrogens (tertiary/aromatic N) is 1. The predicted molar refractivity (Wildman–Crippen MR) is 99.7 cm³/mol. The molecule has 1 aliphatic rings. The normalized spacial score (nSPS) is 16.9. The van der Waals surface area contributed by atoms with Gasteiger partial charge in [-0.15, -0.1) is 0 Å². The van der Waals surface area contributed by atoms with Crippen LogP contribution in [0.3, 0.4) is 0 Å². The Balaban J connectivity index is 1.86. The van der Waals surface area contributed by atoms with E-state index in [0.29, 0.717) is 25.1 Å². The summed E-state index contributed by atoms with van der Waals surface area (Å²) >= 11 is 3.31. The van der Waals surface area contributed by atoms with Crippen molar-refractivity contribution in [3.05, 3.63) is 28.7 Å². The number of rotatable bonds is 4. The SMILES string of the molecule is CC(C)(C)OC(=O)N1CCCC1C(=O)OCC(=O)Nc1cccc(Br)c1. The van der Waals surface area contributed by atoms with Gasteiger partial charge in [-0.25, -0.2) is 9.59 Å². The Morgan fingerprint density at radius 3 is 2.69 bits per heavy atom. The monoisotopic (exact) mass is 426 g/mol. The van der Waals surface area contributed by atoms with Gasteiger partial charge in [0.1, 0.15) is 11.6 Å². The molecule has 1 aromatic carbocycles. The van der Waals surface area contributed by atoms with Crippen molar-refractivity contribution < 1.29 is 23.9 Å². The molecular weight excluding hydrogens is 404 g/mol. The molecule has 2 rings (SSSR count). The van der Waals surface area contributed by atoms with E-state index in [4.69, 9.17) is 9.47 Å². The lowest BCUT2D eigenvalue weighted by molar-refractivity contribution is -0.151. The average molecular weight is 427 g/mol. The van der Waals surface area contributed by atoms with Crippen LogP contribution < -0.4 is 5.32 Å². The first-order valence-corrected chi connectivity index (χ1v) is 9.17. The first-order chi connectivity index (χ1) is 12.2. The maximum Gasteiger partial charge on any atom is 0.411 e. The average Bonchev–Trinajstić information content (AvgIpc) is 3.01. The lowest BCUT2D eigenvalue weighted by atomic mass is 10.2. The van der Waals surface area contributed by atoms with Gasteiger partial charge in [0.05, 0.1) is 0 Å². The van der Waals surface area contributed by atoms with Crippen molar-refractivity contribution in [1.82, 2.24) is 4.90 Å². The molecule has 2 amide bonds. The fourth-order valence-corrected chi connectivity index (χ4v) is 2.95. The number of nitrogens with one attached hydrogen (secondary N) is 1. The van der Waals surface area contributed by atoms with Crippen molar-refractivity contribution in [2.24, 2.45) is 0 Å². The molecule has 0 radical (unpaired) electrons. The van der Waals surface area contributed by atoms with E-state index in [2.05, 4.69) is 21.2 Å². The van der Waals surface area contributed by atoms with Gasteiger partial charge in [-0.1, -0.05) is 22.0 Å². The second-order valence-electron chi connectivity index (χ2n) is 7.00. The molecule has 142 valence electrons. The lowest BCUT2D eigenvalue weighted by Crippen LogP contribution is -2.44. The molecule has 1 fully saturated rings. The third kappa shape index (κ3) is 6.01. The van der Waals surface area contributed by atoms with E-state index >= 15 is 0 Å². The summed E-state index contributed by atoms with van der Waals surface area (Å²) in [5.41, 5.74) is -0.0468. The molecule has 0 aliphatic carbocycles.